The van der Waals surface area contributed by atoms with E-state index >= 15 is 0 Å². The molecule has 0 heterocycles. The fourth-order valence-corrected chi connectivity index (χ4v) is 22.0. The minimum atomic E-state index is -3.68. The van der Waals surface area contributed by atoms with Gasteiger partial charge in [0.25, 0.3) is 0 Å². The van der Waals surface area contributed by atoms with Crippen LogP contribution in [-0.2, 0) is 0 Å². The molecule has 6 aromatic carbocycles. The van der Waals surface area contributed by atoms with Crippen LogP contribution in [0.3, 0.4) is 0 Å². The molecule has 0 bridgehead atoms. The van der Waals surface area contributed by atoms with Crippen molar-refractivity contribution in [2.45, 2.75) is 68.6 Å². The molecule has 0 spiro atoms. The Morgan fingerprint density at radius 2 is 0.783 bits per heavy atom. The predicted octanol–water partition coefficient (Wildman–Crippen LogP) is 10.7. The number of allylic oxidation sites excluding steroid dienone is 2. The van der Waals surface area contributed by atoms with Gasteiger partial charge in [-0.15, -0.1) is 0 Å². The van der Waals surface area contributed by atoms with E-state index in [9.17, 15) is 0 Å². The van der Waals surface area contributed by atoms with E-state index in [1.165, 1.54) is 101 Å². The van der Waals surface area contributed by atoms with E-state index in [0.717, 1.165) is 11.8 Å². The van der Waals surface area contributed by atoms with Crippen LogP contribution in [0.4, 0.5) is 0 Å². The van der Waals surface area contributed by atoms with Crippen LogP contribution in [0.2, 0.25) is 4.44 Å². The van der Waals surface area contributed by atoms with Crippen LogP contribution in [0.5, 0.6) is 0 Å². The molecule has 2 fully saturated rings. The molecule has 0 nitrogen and oxygen atoms in total. The first-order chi connectivity index (χ1) is 22.8. The zero-order chi connectivity index (χ0) is 30.8. The van der Waals surface area contributed by atoms with Crippen molar-refractivity contribution in [1.82, 2.24) is 0 Å². The molecule has 0 saturated heterocycles. The average Bonchev–Trinajstić information content (AvgIpc) is 3.14. The maximum absolute atomic E-state index is 3.68. The minimum absolute atomic E-state index is 0.783. The summed E-state index contributed by atoms with van der Waals surface area (Å²) in [7, 11) is 0. The van der Waals surface area contributed by atoms with Crippen molar-refractivity contribution in [3.8, 4) is 0 Å². The van der Waals surface area contributed by atoms with Gasteiger partial charge in [0.05, 0.1) is 0 Å². The molecular formula is C45H46Sn. The standard InChI is InChI=1S/C15H25.3C10H7.Sn/c1-2-15(13-9-5-3-6-10-13)14-11-7-4-8-12-14;3*1-2-6-10-8-4-3-7-9(10)5-1;/h2,13-14H,1,3-12H2;3*1-3,5-8H;. The molecule has 0 aliphatic heterocycles. The normalized spacial score (nSPS) is 16.6. The quantitative estimate of drug-likeness (QED) is 0.115. The van der Waals surface area contributed by atoms with Gasteiger partial charge in [0.2, 0.25) is 0 Å². The molecule has 2 aliphatic rings. The van der Waals surface area contributed by atoms with Gasteiger partial charge in [0.15, 0.2) is 0 Å². The van der Waals surface area contributed by atoms with Crippen molar-refractivity contribution in [3.05, 3.63) is 139 Å². The van der Waals surface area contributed by atoms with Gasteiger partial charge in [0.1, 0.15) is 0 Å². The molecule has 8 rings (SSSR count). The maximum atomic E-state index is 2.88. The van der Waals surface area contributed by atoms with Gasteiger partial charge in [-0.05, 0) is 0 Å². The number of benzene rings is 6. The van der Waals surface area contributed by atoms with Crippen molar-refractivity contribution in [3.63, 3.8) is 0 Å². The molecule has 0 radical (unpaired) electrons. The first kappa shape index (κ1) is 30.0. The Balaban J connectivity index is 1.39. The van der Waals surface area contributed by atoms with Crippen LogP contribution in [0, 0.1) is 11.8 Å². The molecule has 0 aromatic heterocycles. The van der Waals surface area contributed by atoms with Gasteiger partial charge in [-0.25, -0.2) is 0 Å². The van der Waals surface area contributed by atoms with E-state index in [0.29, 0.717) is 0 Å². The molecule has 2 saturated carbocycles. The van der Waals surface area contributed by atoms with Crippen molar-refractivity contribution in [2.24, 2.45) is 11.8 Å². The summed E-state index contributed by atoms with van der Waals surface area (Å²) in [6.07, 6.45) is 16.9. The Morgan fingerprint density at radius 1 is 0.435 bits per heavy atom. The first-order valence-corrected chi connectivity index (χ1v) is 24.3. The summed E-state index contributed by atoms with van der Waals surface area (Å²) < 4.78 is 5.98. The molecule has 1 heteroatoms. The molecule has 0 amide bonds. The molecule has 0 unspecified atom stereocenters. The summed E-state index contributed by atoms with van der Waals surface area (Å²) >= 11 is -3.68. The van der Waals surface area contributed by atoms with E-state index in [2.05, 4.69) is 133 Å². The molecule has 46 heavy (non-hydrogen) atoms. The zero-order valence-electron chi connectivity index (χ0n) is 27.1. The van der Waals surface area contributed by atoms with E-state index < -0.39 is 18.4 Å². The van der Waals surface area contributed by atoms with Gasteiger partial charge in [-0.1, -0.05) is 0 Å². The van der Waals surface area contributed by atoms with E-state index in [4.69, 9.17) is 0 Å². The zero-order valence-corrected chi connectivity index (χ0v) is 30.0. The van der Waals surface area contributed by atoms with Crippen LogP contribution in [0.1, 0.15) is 64.2 Å². The van der Waals surface area contributed by atoms with E-state index in [1.54, 1.807) is 10.7 Å². The summed E-state index contributed by atoms with van der Waals surface area (Å²) in [5.41, 5.74) is 1.85. The van der Waals surface area contributed by atoms with E-state index in [-0.39, 0.29) is 0 Å². The van der Waals surface area contributed by atoms with Gasteiger partial charge in [-0.2, -0.15) is 0 Å². The molecule has 6 aromatic rings. The molecule has 230 valence electrons. The average molecular weight is 706 g/mol. The summed E-state index contributed by atoms with van der Waals surface area (Å²) in [6.45, 7) is 0. The topological polar surface area (TPSA) is 0 Å². The van der Waals surface area contributed by atoms with Crippen LogP contribution >= 0.6 is 0 Å². The van der Waals surface area contributed by atoms with Gasteiger partial charge >= 0.3 is 281 Å². The van der Waals surface area contributed by atoms with Crippen LogP contribution < -0.4 is 10.7 Å². The second-order valence-electron chi connectivity index (χ2n) is 14.2. The Kier molecular flexibility index (Phi) is 8.74. The number of hydrogen-bond acceptors (Lipinski definition) is 0. The Morgan fingerprint density at radius 3 is 1.15 bits per heavy atom. The summed E-state index contributed by atoms with van der Waals surface area (Å²) in [5, 5.41) is 8.11. The summed E-state index contributed by atoms with van der Waals surface area (Å²) in [4.78, 5) is 0. The third-order valence-electron chi connectivity index (χ3n) is 11.5. The molecular weight excluding hydrogens is 659 g/mol. The summed E-state index contributed by atoms with van der Waals surface area (Å²) in [5.74, 6) is 1.57. The Labute approximate surface area is 279 Å². The third-order valence-corrected chi connectivity index (χ3v) is 25.0. The second kappa shape index (κ2) is 13.4. The monoisotopic (exact) mass is 706 g/mol. The van der Waals surface area contributed by atoms with Crippen LogP contribution in [-0.4, -0.2) is 18.4 Å². The number of hydrogen-bond donors (Lipinski definition) is 0. The van der Waals surface area contributed by atoms with Crippen molar-refractivity contribution >= 4 is 61.4 Å². The number of rotatable bonds is 7. The first-order valence-electron chi connectivity index (χ1n) is 18.0. The second-order valence-corrected chi connectivity index (χ2v) is 25.4. The fraction of sp³-hybridized carbons (Fsp3) is 0.289. The molecule has 2 aliphatic carbocycles. The SMILES string of the molecule is C([CH2][Sn]([c]1ccc2ccccc2c1)([c]1ccc2ccccc2c1)[c]1ccc2ccccc2c1)=C(C1CCCCC1)C1CCCCC1. The third kappa shape index (κ3) is 5.83. The Hall–Kier alpha value is -3.36. The van der Waals surface area contributed by atoms with Crippen LogP contribution in [0.25, 0.3) is 32.3 Å². The van der Waals surface area contributed by atoms with Crippen LogP contribution in [0.15, 0.2) is 139 Å². The van der Waals surface area contributed by atoms with Crippen molar-refractivity contribution in [1.29, 1.82) is 0 Å². The predicted molar refractivity (Wildman–Crippen MR) is 203 cm³/mol. The summed E-state index contributed by atoms with van der Waals surface area (Å²) in [6, 6.07) is 49.5. The Bertz CT molecular complexity index is 1790. The van der Waals surface area contributed by atoms with Crippen molar-refractivity contribution < 1.29 is 0 Å². The number of fused-ring (bicyclic) bond motifs is 3. The van der Waals surface area contributed by atoms with Gasteiger partial charge in [0, 0.05) is 0 Å². The molecule has 0 atom stereocenters. The van der Waals surface area contributed by atoms with Gasteiger partial charge in [-0.3, -0.25) is 0 Å². The van der Waals surface area contributed by atoms with Crippen molar-refractivity contribution in [2.75, 3.05) is 0 Å². The fourth-order valence-electron chi connectivity index (χ4n) is 9.03. The van der Waals surface area contributed by atoms with Gasteiger partial charge < -0.3 is 0 Å². The van der Waals surface area contributed by atoms with E-state index in [1.807, 2.05) is 5.57 Å². The molecule has 0 N–H and O–H groups in total.